The van der Waals surface area contributed by atoms with Gasteiger partial charge in [-0.3, -0.25) is 0 Å². The van der Waals surface area contributed by atoms with Crippen LogP contribution in [0.4, 0.5) is 0 Å². The largest absolute Gasteiger partial charge is 0.313 e. The Balaban J connectivity index is 2.60. The number of benzene rings is 1. The Labute approximate surface area is 104 Å². The van der Waals surface area contributed by atoms with Gasteiger partial charge in [0.25, 0.3) is 0 Å². The molecule has 1 nitrogen and oxygen atoms in total. The molecule has 0 fully saturated rings. The van der Waals surface area contributed by atoms with Crippen LogP contribution in [0.25, 0.3) is 0 Å². The minimum atomic E-state index is 0.755. The molecule has 0 aliphatic rings. The summed E-state index contributed by atoms with van der Waals surface area (Å²) in [6, 6.07) is 6.79. The first kappa shape index (κ1) is 13.6. The predicted molar refractivity (Wildman–Crippen MR) is 74.1 cm³/mol. The molecule has 0 spiro atoms. The first-order chi connectivity index (χ1) is 7.63. The summed E-state index contributed by atoms with van der Waals surface area (Å²) in [6.07, 6.45) is 0. The molecule has 1 aromatic rings. The van der Waals surface area contributed by atoms with Crippen LogP contribution >= 0.6 is 11.8 Å². The van der Waals surface area contributed by atoms with Gasteiger partial charge in [0, 0.05) is 17.2 Å². The van der Waals surface area contributed by atoms with E-state index >= 15 is 0 Å². The maximum Gasteiger partial charge on any atom is 0.0205 e. The van der Waals surface area contributed by atoms with E-state index in [2.05, 4.69) is 51.2 Å². The molecule has 1 rings (SSSR count). The molecule has 0 aliphatic heterocycles. The Bertz CT molecular complexity index is 321. The van der Waals surface area contributed by atoms with Crippen molar-refractivity contribution in [1.29, 1.82) is 0 Å². The molecule has 0 unspecified atom stereocenters. The number of hydrogen-bond donors (Lipinski definition) is 1. The molecule has 0 heterocycles. The smallest absolute Gasteiger partial charge is 0.0205 e. The summed E-state index contributed by atoms with van der Waals surface area (Å²) in [6.45, 7) is 10.9. The molecule has 0 bridgehead atoms. The van der Waals surface area contributed by atoms with Crippen molar-refractivity contribution < 1.29 is 0 Å². The van der Waals surface area contributed by atoms with Crippen molar-refractivity contribution >= 4 is 11.8 Å². The van der Waals surface area contributed by atoms with E-state index in [0.717, 1.165) is 19.0 Å². The van der Waals surface area contributed by atoms with Gasteiger partial charge in [0.05, 0.1) is 0 Å². The first-order valence-corrected chi connectivity index (χ1v) is 7.05. The second kappa shape index (κ2) is 6.97. The van der Waals surface area contributed by atoms with Gasteiger partial charge in [0.2, 0.25) is 0 Å². The van der Waals surface area contributed by atoms with Crippen molar-refractivity contribution in [3.8, 4) is 0 Å². The molecular weight excluding hydrogens is 214 g/mol. The second-order valence-corrected chi connectivity index (χ2v) is 5.65. The van der Waals surface area contributed by atoms with Crippen LogP contribution in [0.3, 0.4) is 0 Å². The topological polar surface area (TPSA) is 12.0 Å². The summed E-state index contributed by atoms with van der Waals surface area (Å²) in [7, 11) is 0. The lowest BCUT2D eigenvalue weighted by atomic mass is 10.1. The van der Waals surface area contributed by atoms with Crippen molar-refractivity contribution in [3.05, 3.63) is 29.3 Å². The van der Waals surface area contributed by atoms with Gasteiger partial charge in [0.15, 0.2) is 0 Å². The molecule has 0 aliphatic carbocycles. The van der Waals surface area contributed by atoms with Crippen LogP contribution in [0.15, 0.2) is 23.1 Å². The summed E-state index contributed by atoms with van der Waals surface area (Å²) in [5.74, 6) is 1.96. The van der Waals surface area contributed by atoms with Crippen molar-refractivity contribution in [2.24, 2.45) is 5.92 Å². The molecule has 1 N–H and O–H groups in total. The molecular formula is C14H23NS. The number of rotatable bonds is 6. The van der Waals surface area contributed by atoms with Crippen molar-refractivity contribution in [3.63, 3.8) is 0 Å². The zero-order valence-electron chi connectivity index (χ0n) is 10.8. The van der Waals surface area contributed by atoms with E-state index in [1.807, 2.05) is 11.8 Å². The van der Waals surface area contributed by atoms with Gasteiger partial charge in [-0.25, -0.2) is 0 Å². The zero-order chi connectivity index (χ0) is 12.0. The summed E-state index contributed by atoms with van der Waals surface area (Å²) in [4.78, 5) is 1.42. The molecule has 0 radical (unpaired) electrons. The normalized spacial score (nSPS) is 11.1. The molecule has 0 amide bonds. The standard InChI is InChI=1S/C14H23NS/c1-5-15-9-13-6-7-14(12(4)8-13)16-10-11(2)3/h6-8,11,15H,5,9-10H2,1-4H3. The second-order valence-electron chi connectivity index (χ2n) is 4.59. The zero-order valence-corrected chi connectivity index (χ0v) is 11.7. The van der Waals surface area contributed by atoms with Gasteiger partial charge < -0.3 is 5.32 Å². The molecule has 16 heavy (non-hydrogen) atoms. The van der Waals surface area contributed by atoms with Crippen LogP contribution in [0.2, 0.25) is 0 Å². The highest BCUT2D eigenvalue weighted by Gasteiger charge is 2.02. The van der Waals surface area contributed by atoms with Gasteiger partial charge in [-0.1, -0.05) is 32.9 Å². The average Bonchev–Trinajstić information content (AvgIpc) is 2.24. The quantitative estimate of drug-likeness (QED) is 0.754. The molecule has 0 atom stereocenters. The minimum Gasteiger partial charge on any atom is -0.313 e. The van der Waals surface area contributed by atoms with Gasteiger partial charge in [-0.2, -0.15) is 0 Å². The Hall–Kier alpha value is -0.470. The van der Waals surface area contributed by atoms with Crippen LogP contribution in [-0.2, 0) is 6.54 Å². The van der Waals surface area contributed by atoms with Crippen molar-refractivity contribution in [2.75, 3.05) is 12.3 Å². The van der Waals surface area contributed by atoms with E-state index in [4.69, 9.17) is 0 Å². The molecule has 2 heteroatoms. The summed E-state index contributed by atoms with van der Waals surface area (Å²) >= 11 is 1.97. The predicted octanol–water partition coefficient (Wildman–Crippen LogP) is 3.85. The van der Waals surface area contributed by atoms with Crippen LogP contribution < -0.4 is 5.32 Å². The van der Waals surface area contributed by atoms with E-state index < -0.39 is 0 Å². The van der Waals surface area contributed by atoms with E-state index in [-0.39, 0.29) is 0 Å². The molecule has 1 aromatic carbocycles. The average molecular weight is 237 g/mol. The van der Waals surface area contributed by atoms with Gasteiger partial charge in [0.1, 0.15) is 0 Å². The lowest BCUT2D eigenvalue weighted by Crippen LogP contribution is -2.11. The third-order valence-electron chi connectivity index (χ3n) is 2.39. The highest BCUT2D eigenvalue weighted by molar-refractivity contribution is 7.99. The fraction of sp³-hybridized carbons (Fsp3) is 0.571. The fourth-order valence-electron chi connectivity index (χ4n) is 1.51. The number of nitrogens with one attached hydrogen (secondary N) is 1. The van der Waals surface area contributed by atoms with Gasteiger partial charge in [-0.15, -0.1) is 11.8 Å². The minimum absolute atomic E-state index is 0.755. The van der Waals surface area contributed by atoms with E-state index in [0.29, 0.717) is 0 Å². The number of thioether (sulfide) groups is 1. The Morgan fingerprint density at radius 2 is 2.06 bits per heavy atom. The van der Waals surface area contributed by atoms with Crippen LogP contribution in [0.1, 0.15) is 31.9 Å². The summed E-state index contributed by atoms with van der Waals surface area (Å²) in [5.41, 5.74) is 2.79. The van der Waals surface area contributed by atoms with Gasteiger partial charge >= 0.3 is 0 Å². The highest BCUT2D eigenvalue weighted by atomic mass is 32.2. The lowest BCUT2D eigenvalue weighted by molar-refractivity contribution is 0.725. The van der Waals surface area contributed by atoms with E-state index in [9.17, 15) is 0 Å². The van der Waals surface area contributed by atoms with Crippen LogP contribution in [0.5, 0.6) is 0 Å². The third-order valence-corrected chi connectivity index (χ3v) is 3.99. The molecule has 0 aromatic heterocycles. The third kappa shape index (κ3) is 4.58. The van der Waals surface area contributed by atoms with Crippen LogP contribution in [-0.4, -0.2) is 12.3 Å². The first-order valence-electron chi connectivity index (χ1n) is 6.06. The van der Waals surface area contributed by atoms with Crippen LogP contribution in [0, 0.1) is 12.8 Å². The SMILES string of the molecule is CCNCc1ccc(SCC(C)C)c(C)c1. The van der Waals surface area contributed by atoms with E-state index in [1.54, 1.807) is 0 Å². The van der Waals surface area contributed by atoms with Gasteiger partial charge in [-0.05, 0) is 36.6 Å². The van der Waals surface area contributed by atoms with E-state index in [1.165, 1.54) is 21.8 Å². The summed E-state index contributed by atoms with van der Waals surface area (Å²) in [5, 5.41) is 3.35. The number of hydrogen-bond acceptors (Lipinski definition) is 2. The Morgan fingerprint density at radius 1 is 1.31 bits per heavy atom. The van der Waals surface area contributed by atoms with Crippen molar-refractivity contribution in [1.82, 2.24) is 5.32 Å². The maximum atomic E-state index is 3.35. The maximum absolute atomic E-state index is 3.35. The molecule has 0 saturated carbocycles. The molecule has 0 saturated heterocycles. The molecule has 90 valence electrons. The Kier molecular flexibility index (Phi) is 5.93. The Morgan fingerprint density at radius 3 is 2.62 bits per heavy atom. The number of aryl methyl sites for hydroxylation is 1. The van der Waals surface area contributed by atoms with Crippen molar-refractivity contribution in [2.45, 2.75) is 39.1 Å². The summed E-state index contributed by atoms with van der Waals surface area (Å²) < 4.78 is 0. The lowest BCUT2D eigenvalue weighted by Gasteiger charge is -2.10. The fourth-order valence-corrected chi connectivity index (χ4v) is 2.47. The monoisotopic (exact) mass is 237 g/mol. The highest BCUT2D eigenvalue weighted by Crippen LogP contribution is 2.25.